The van der Waals surface area contributed by atoms with Crippen molar-refractivity contribution in [1.82, 2.24) is 10.2 Å². The van der Waals surface area contributed by atoms with Crippen molar-refractivity contribution in [3.05, 3.63) is 0 Å². The smallest absolute Gasteiger partial charge is 0.305 e. The molecule has 1 saturated heterocycles. The summed E-state index contributed by atoms with van der Waals surface area (Å²) in [6.07, 6.45) is 11.7. The van der Waals surface area contributed by atoms with Gasteiger partial charge in [-0.2, -0.15) is 0 Å². The Kier molecular flexibility index (Phi) is 7.86. The number of hydrogen-bond donors (Lipinski definition) is 1. The summed E-state index contributed by atoms with van der Waals surface area (Å²) in [7, 11) is 1.38. The molecule has 1 aliphatic carbocycles. The highest BCUT2D eigenvalue weighted by Gasteiger charge is 2.27. The summed E-state index contributed by atoms with van der Waals surface area (Å²) in [5.74, 6) is -0.170. The van der Waals surface area contributed by atoms with E-state index in [0.717, 1.165) is 19.0 Å². The van der Waals surface area contributed by atoms with E-state index in [1.165, 1.54) is 58.6 Å². The van der Waals surface area contributed by atoms with E-state index in [4.69, 9.17) is 0 Å². The fraction of sp³-hybridized carbons (Fsp3) is 0.889. The van der Waals surface area contributed by atoms with Gasteiger partial charge in [0.2, 0.25) is 5.91 Å². The second-order valence-electron chi connectivity index (χ2n) is 6.98. The number of ether oxygens (including phenoxy) is 1. The van der Waals surface area contributed by atoms with E-state index in [-0.39, 0.29) is 17.9 Å². The first kappa shape index (κ1) is 18.2. The van der Waals surface area contributed by atoms with E-state index in [0.29, 0.717) is 19.3 Å². The maximum Gasteiger partial charge on any atom is 0.305 e. The van der Waals surface area contributed by atoms with Crippen LogP contribution in [0, 0.1) is 0 Å². The van der Waals surface area contributed by atoms with Gasteiger partial charge in [0.15, 0.2) is 0 Å². The van der Waals surface area contributed by atoms with E-state index in [1.807, 2.05) is 0 Å². The lowest BCUT2D eigenvalue weighted by Crippen LogP contribution is -2.50. The lowest BCUT2D eigenvalue weighted by atomic mass is 9.99. The average Bonchev–Trinajstić information content (AvgIpc) is 2.84. The molecule has 2 fully saturated rings. The molecule has 5 heteroatoms. The Balaban J connectivity index is 1.70. The Morgan fingerprint density at radius 2 is 1.78 bits per heavy atom. The average molecular weight is 324 g/mol. The molecule has 1 saturated carbocycles. The summed E-state index contributed by atoms with van der Waals surface area (Å²) in [6, 6.07) is 0.995. The molecule has 0 aromatic rings. The van der Waals surface area contributed by atoms with Crippen LogP contribution in [0.1, 0.15) is 70.6 Å². The molecule has 0 aromatic carbocycles. The summed E-state index contributed by atoms with van der Waals surface area (Å²) < 4.78 is 4.60. The van der Waals surface area contributed by atoms with Crippen LogP contribution in [0.4, 0.5) is 0 Å². The number of amides is 1. The van der Waals surface area contributed by atoms with Crippen molar-refractivity contribution in [2.75, 3.05) is 20.2 Å². The number of hydrogen-bond acceptors (Lipinski definition) is 4. The zero-order chi connectivity index (χ0) is 16.5. The number of nitrogens with zero attached hydrogens (tertiary/aromatic N) is 1. The molecule has 132 valence electrons. The summed E-state index contributed by atoms with van der Waals surface area (Å²) in [6.45, 7) is 2.17. The predicted molar refractivity (Wildman–Crippen MR) is 90.1 cm³/mol. The minimum Gasteiger partial charge on any atom is -0.469 e. The standard InChI is InChI=1S/C18H32N2O3/c1-23-18(22)12-6-11-17(21)19-15-8-7-13-20(14-15)16-9-4-2-3-5-10-16/h15-16H,2-14H2,1H3,(H,19,21)/t15-/m1/s1. The third kappa shape index (κ3) is 6.50. The van der Waals surface area contributed by atoms with Crippen molar-refractivity contribution in [1.29, 1.82) is 0 Å². The Hall–Kier alpha value is -1.10. The first-order valence-electron chi connectivity index (χ1n) is 9.29. The van der Waals surface area contributed by atoms with Gasteiger partial charge in [0.25, 0.3) is 0 Å². The quantitative estimate of drug-likeness (QED) is 0.603. The fourth-order valence-electron chi connectivity index (χ4n) is 3.87. The van der Waals surface area contributed by atoms with Gasteiger partial charge in [-0.1, -0.05) is 25.7 Å². The summed E-state index contributed by atoms with van der Waals surface area (Å²) in [5.41, 5.74) is 0. The minimum atomic E-state index is -0.241. The van der Waals surface area contributed by atoms with Crippen molar-refractivity contribution >= 4 is 11.9 Å². The topological polar surface area (TPSA) is 58.6 Å². The lowest BCUT2D eigenvalue weighted by molar-refractivity contribution is -0.140. The number of methoxy groups -OCH3 is 1. The molecule has 1 heterocycles. The number of nitrogens with one attached hydrogen (secondary N) is 1. The SMILES string of the molecule is COC(=O)CCCC(=O)N[C@@H]1CCCN(C2CCCCCC2)C1. The first-order valence-corrected chi connectivity index (χ1v) is 9.29. The van der Waals surface area contributed by atoms with Crippen LogP contribution in [0.5, 0.6) is 0 Å². The van der Waals surface area contributed by atoms with E-state index in [2.05, 4.69) is 15.0 Å². The van der Waals surface area contributed by atoms with Gasteiger partial charge in [0.05, 0.1) is 7.11 Å². The number of carbonyl (C=O) groups excluding carboxylic acids is 2. The monoisotopic (exact) mass is 324 g/mol. The van der Waals surface area contributed by atoms with E-state index in [1.54, 1.807) is 0 Å². The number of likely N-dealkylation sites (tertiary alicyclic amines) is 1. The van der Waals surface area contributed by atoms with Gasteiger partial charge in [0.1, 0.15) is 0 Å². The Labute approximate surface area is 140 Å². The normalized spacial score (nSPS) is 24.0. The summed E-state index contributed by atoms with van der Waals surface area (Å²) in [4.78, 5) is 25.7. The fourth-order valence-corrected chi connectivity index (χ4v) is 3.87. The molecule has 5 nitrogen and oxygen atoms in total. The highest BCUT2D eigenvalue weighted by Crippen LogP contribution is 2.24. The molecule has 0 aromatic heterocycles. The molecule has 1 N–H and O–H groups in total. The highest BCUT2D eigenvalue weighted by atomic mass is 16.5. The van der Waals surface area contributed by atoms with E-state index < -0.39 is 0 Å². The van der Waals surface area contributed by atoms with Gasteiger partial charge >= 0.3 is 5.97 Å². The molecule has 0 unspecified atom stereocenters. The van der Waals surface area contributed by atoms with Gasteiger partial charge < -0.3 is 10.1 Å². The zero-order valence-electron chi connectivity index (χ0n) is 14.5. The number of rotatable bonds is 6. The molecule has 23 heavy (non-hydrogen) atoms. The molecular formula is C18H32N2O3. The van der Waals surface area contributed by atoms with Crippen LogP contribution in [-0.4, -0.2) is 49.1 Å². The van der Waals surface area contributed by atoms with Crippen molar-refractivity contribution < 1.29 is 14.3 Å². The third-order valence-electron chi connectivity index (χ3n) is 5.17. The van der Waals surface area contributed by atoms with Crippen LogP contribution in [-0.2, 0) is 14.3 Å². The Bertz CT molecular complexity index is 378. The maximum absolute atomic E-state index is 12.0. The summed E-state index contributed by atoms with van der Waals surface area (Å²) in [5, 5.41) is 3.16. The van der Waals surface area contributed by atoms with Crippen molar-refractivity contribution in [2.24, 2.45) is 0 Å². The van der Waals surface area contributed by atoms with Crippen LogP contribution in [0.15, 0.2) is 0 Å². The Morgan fingerprint density at radius 3 is 2.48 bits per heavy atom. The second kappa shape index (κ2) is 9.91. The molecule has 0 bridgehead atoms. The number of esters is 1. The maximum atomic E-state index is 12.0. The van der Waals surface area contributed by atoms with Crippen LogP contribution >= 0.6 is 0 Å². The molecule has 2 aliphatic rings. The molecule has 0 spiro atoms. The van der Waals surface area contributed by atoms with Crippen LogP contribution in [0.2, 0.25) is 0 Å². The van der Waals surface area contributed by atoms with Gasteiger partial charge in [0, 0.05) is 31.5 Å². The molecule has 1 amide bonds. The molecule has 1 atom stereocenters. The van der Waals surface area contributed by atoms with Crippen molar-refractivity contribution in [3.8, 4) is 0 Å². The number of piperidine rings is 1. The highest BCUT2D eigenvalue weighted by molar-refractivity contribution is 5.77. The van der Waals surface area contributed by atoms with E-state index >= 15 is 0 Å². The largest absolute Gasteiger partial charge is 0.469 e. The van der Waals surface area contributed by atoms with Gasteiger partial charge in [-0.25, -0.2) is 0 Å². The van der Waals surface area contributed by atoms with Crippen LogP contribution in [0.25, 0.3) is 0 Å². The van der Waals surface area contributed by atoms with Crippen molar-refractivity contribution in [2.45, 2.75) is 82.7 Å². The lowest BCUT2D eigenvalue weighted by Gasteiger charge is -2.38. The minimum absolute atomic E-state index is 0.0709. The van der Waals surface area contributed by atoms with Crippen LogP contribution in [0.3, 0.4) is 0 Å². The first-order chi connectivity index (χ1) is 11.2. The van der Waals surface area contributed by atoms with Gasteiger partial charge in [-0.3, -0.25) is 14.5 Å². The molecule has 0 radical (unpaired) electrons. The molecular weight excluding hydrogens is 292 g/mol. The summed E-state index contributed by atoms with van der Waals surface area (Å²) >= 11 is 0. The van der Waals surface area contributed by atoms with Gasteiger partial charge in [-0.05, 0) is 38.6 Å². The van der Waals surface area contributed by atoms with E-state index in [9.17, 15) is 9.59 Å². The van der Waals surface area contributed by atoms with Gasteiger partial charge in [-0.15, -0.1) is 0 Å². The number of carbonyl (C=O) groups is 2. The van der Waals surface area contributed by atoms with Crippen molar-refractivity contribution in [3.63, 3.8) is 0 Å². The second-order valence-corrected chi connectivity index (χ2v) is 6.98. The van der Waals surface area contributed by atoms with Crippen LogP contribution < -0.4 is 5.32 Å². The molecule has 1 aliphatic heterocycles. The predicted octanol–water partition coefficient (Wildman–Crippen LogP) is 2.63. The molecule has 2 rings (SSSR count). The Morgan fingerprint density at radius 1 is 1.04 bits per heavy atom. The zero-order valence-corrected chi connectivity index (χ0v) is 14.5. The third-order valence-corrected chi connectivity index (χ3v) is 5.17.